The zero-order valence-electron chi connectivity index (χ0n) is 17.2. The summed E-state index contributed by atoms with van der Waals surface area (Å²) in [5, 5.41) is 7.07. The van der Waals surface area contributed by atoms with Gasteiger partial charge < -0.3 is 9.84 Å². The fourth-order valence-corrected chi connectivity index (χ4v) is 4.09. The van der Waals surface area contributed by atoms with Crippen LogP contribution in [0.2, 0.25) is 10.0 Å². The molecule has 1 aliphatic heterocycles. The van der Waals surface area contributed by atoms with Crippen LogP contribution < -0.4 is 5.32 Å². The van der Waals surface area contributed by atoms with E-state index in [4.69, 9.17) is 27.7 Å². The third-order valence-corrected chi connectivity index (χ3v) is 6.03. The van der Waals surface area contributed by atoms with Crippen molar-refractivity contribution in [1.82, 2.24) is 15.0 Å². The molecule has 2 aromatic carbocycles. The molecule has 33 heavy (non-hydrogen) atoms. The third kappa shape index (κ3) is 5.66. The van der Waals surface area contributed by atoms with Crippen LogP contribution in [0.5, 0.6) is 0 Å². The van der Waals surface area contributed by atoms with Crippen LogP contribution in [0.1, 0.15) is 24.3 Å². The second kappa shape index (κ2) is 9.70. The summed E-state index contributed by atoms with van der Waals surface area (Å²) in [5.41, 5.74) is -0.281. The predicted molar refractivity (Wildman–Crippen MR) is 118 cm³/mol. The predicted octanol–water partition coefficient (Wildman–Crippen LogP) is 5.91. The lowest BCUT2D eigenvalue weighted by Gasteiger charge is -2.31. The molecule has 1 saturated heterocycles. The zero-order valence-corrected chi connectivity index (χ0v) is 18.7. The summed E-state index contributed by atoms with van der Waals surface area (Å²) in [6.07, 6.45) is -3.19. The monoisotopic (exact) mass is 498 g/mol. The lowest BCUT2D eigenvalue weighted by atomic mass is 9.97. The minimum absolute atomic E-state index is 0.0435. The maximum atomic E-state index is 13.0. The quantitative estimate of drug-likeness (QED) is 0.473. The Morgan fingerprint density at radius 2 is 1.97 bits per heavy atom. The van der Waals surface area contributed by atoms with E-state index in [1.54, 1.807) is 18.2 Å². The van der Waals surface area contributed by atoms with Crippen LogP contribution in [0.15, 0.2) is 47.0 Å². The van der Waals surface area contributed by atoms with E-state index in [1.807, 2.05) is 11.0 Å². The van der Waals surface area contributed by atoms with Crippen molar-refractivity contribution in [2.24, 2.45) is 5.92 Å². The number of carbonyl (C=O) groups excluding carboxylic acids is 1. The summed E-state index contributed by atoms with van der Waals surface area (Å²) < 4.78 is 44.3. The maximum Gasteiger partial charge on any atom is 0.416 e. The molecule has 6 nitrogen and oxygen atoms in total. The van der Waals surface area contributed by atoms with Gasteiger partial charge in [0.25, 0.3) is 0 Å². The minimum Gasteiger partial charge on any atom is -0.338 e. The average molecular weight is 499 g/mol. The highest BCUT2D eigenvalue weighted by molar-refractivity contribution is 6.33. The van der Waals surface area contributed by atoms with Crippen LogP contribution in [0, 0.1) is 5.92 Å². The lowest BCUT2D eigenvalue weighted by molar-refractivity contribution is -0.137. The number of rotatable bonds is 5. The van der Waals surface area contributed by atoms with E-state index < -0.39 is 17.7 Å². The molecule has 0 radical (unpaired) electrons. The number of hydrogen-bond donors (Lipinski definition) is 1. The second-order valence-corrected chi connectivity index (χ2v) is 8.56. The van der Waals surface area contributed by atoms with E-state index in [2.05, 4.69) is 15.5 Å². The van der Waals surface area contributed by atoms with E-state index in [0.717, 1.165) is 31.2 Å². The van der Waals surface area contributed by atoms with Gasteiger partial charge in [0.15, 0.2) is 0 Å². The number of alkyl halides is 3. The number of amides is 1. The van der Waals surface area contributed by atoms with Crippen molar-refractivity contribution in [2.75, 3.05) is 18.4 Å². The van der Waals surface area contributed by atoms with Crippen molar-refractivity contribution in [3.05, 3.63) is 64.0 Å². The molecule has 0 saturated carbocycles. The highest BCUT2D eigenvalue weighted by Crippen LogP contribution is 2.34. The van der Waals surface area contributed by atoms with Crippen LogP contribution in [0.25, 0.3) is 11.4 Å². The molecule has 0 aliphatic carbocycles. The van der Waals surface area contributed by atoms with Gasteiger partial charge in [-0.05, 0) is 49.7 Å². The number of nitrogens with one attached hydrogen (secondary N) is 1. The number of aromatic nitrogens is 2. The molecular weight excluding hydrogens is 480 g/mol. The smallest absolute Gasteiger partial charge is 0.338 e. The van der Waals surface area contributed by atoms with Crippen molar-refractivity contribution in [3.8, 4) is 11.4 Å². The Hall–Kier alpha value is -2.62. The van der Waals surface area contributed by atoms with Crippen molar-refractivity contribution < 1.29 is 22.5 Å². The summed E-state index contributed by atoms with van der Waals surface area (Å²) in [4.78, 5) is 19.1. The molecule has 174 valence electrons. The third-order valence-electron chi connectivity index (χ3n) is 5.37. The van der Waals surface area contributed by atoms with Crippen molar-refractivity contribution in [1.29, 1.82) is 0 Å². The minimum atomic E-state index is -4.53. The van der Waals surface area contributed by atoms with Crippen LogP contribution >= 0.6 is 23.2 Å². The molecule has 0 bridgehead atoms. The van der Waals surface area contributed by atoms with Gasteiger partial charge in [-0.3, -0.25) is 9.69 Å². The van der Waals surface area contributed by atoms with E-state index in [1.165, 1.54) is 0 Å². The molecule has 1 aromatic heterocycles. The van der Waals surface area contributed by atoms with Gasteiger partial charge in [0.2, 0.25) is 17.6 Å². The molecule has 1 fully saturated rings. The van der Waals surface area contributed by atoms with Gasteiger partial charge in [0.05, 0.1) is 33.8 Å². The Labute approximate surface area is 197 Å². The Morgan fingerprint density at radius 1 is 1.18 bits per heavy atom. The fourth-order valence-electron chi connectivity index (χ4n) is 3.71. The molecule has 3 aromatic rings. The number of halogens is 5. The van der Waals surface area contributed by atoms with Crippen LogP contribution in [0.4, 0.5) is 18.9 Å². The first-order valence-corrected chi connectivity index (χ1v) is 10.9. The zero-order chi connectivity index (χ0) is 23.6. The maximum absolute atomic E-state index is 13.0. The van der Waals surface area contributed by atoms with Crippen molar-refractivity contribution in [3.63, 3.8) is 0 Å². The molecule has 4 rings (SSSR count). The van der Waals surface area contributed by atoms with E-state index in [-0.39, 0.29) is 16.6 Å². The molecule has 1 atom stereocenters. The van der Waals surface area contributed by atoms with E-state index >= 15 is 0 Å². The number of nitrogens with zero attached hydrogens (tertiary/aromatic N) is 3. The van der Waals surface area contributed by atoms with Gasteiger partial charge in [0.1, 0.15) is 0 Å². The summed E-state index contributed by atoms with van der Waals surface area (Å²) >= 11 is 12.2. The van der Waals surface area contributed by atoms with Gasteiger partial charge in [-0.1, -0.05) is 40.5 Å². The molecule has 0 spiro atoms. The normalized spacial score (nSPS) is 17.2. The lowest BCUT2D eigenvalue weighted by Crippen LogP contribution is -2.40. The highest BCUT2D eigenvalue weighted by Gasteiger charge is 2.32. The number of benzene rings is 2. The van der Waals surface area contributed by atoms with Gasteiger partial charge in [-0.25, -0.2) is 0 Å². The SMILES string of the molecule is O=C(Nc1cc(C(F)(F)F)ccc1Cl)C1CCCN(Cc2nc(-c3ccccc3Cl)no2)C1. The largest absolute Gasteiger partial charge is 0.416 e. The Bertz CT molecular complexity index is 1150. The molecule has 1 N–H and O–H groups in total. The molecule has 1 amide bonds. The molecule has 2 heterocycles. The number of piperidine rings is 1. The Kier molecular flexibility index (Phi) is 6.92. The summed E-state index contributed by atoms with van der Waals surface area (Å²) in [6.45, 7) is 1.45. The number of anilines is 1. The molecular formula is C22H19Cl2F3N4O2. The summed E-state index contributed by atoms with van der Waals surface area (Å²) in [6, 6.07) is 9.99. The fraction of sp³-hybridized carbons (Fsp3) is 0.318. The highest BCUT2D eigenvalue weighted by atomic mass is 35.5. The molecule has 11 heteroatoms. The van der Waals surface area contributed by atoms with Crippen LogP contribution in [0.3, 0.4) is 0 Å². The first-order chi connectivity index (χ1) is 15.7. The summed E-state index contributed by atoms with van der Waals surface area (Å²) in [7, 11) is 0. The van der Waals surface area contributed by atoms with E-state index in [9.17, 15) is 18.0 Å². The standard InChI is InChI=1S/C22H19Cl2F3N4O2/c23-16-6-2-1-5-15(16)20-29-19(33-30-20)12-31-9-3-4-13(11-31)21(32)28-18-10-14(22(25,26)27)7-8-17(18)24/h1-2,5-8,10,13H,3-4,9,11-12H2,(H,28,32). The Morgan fingerprint density at radius 3 is 2.73 bits per heavy atom. The van der Waals surface area contributed by atoms with Gasteiger partial charge in [-0.15, -0.1) is 0 Å². The first kappa shape index (κ1) is 23.5. The van der Waals surface area contributed by atoms with Gasteiger partial charge in [-0.2, -0.15) is 18.2 Å². The Balaban J connectivity index is 1.40. The second-order valence-electron chi connectivity index (χ2n) is 7.75. The average Bonchev–Trinajstić information content (AvgIpc) is 3.23. The van der Waals surface area contributed by atoms with Crippen molar-refractivity contribution >= 4 is 34.8 Å². The van der Waals surface area contributed by atoms with Gasteiger partial charge in [0, 0.05) is 12.1 Å². The number of likely N-dealkylation sites (tertiary alicyclic amines) is 1. The van der Waals surface area contributed by atoms with Crippen LogP contribution in [-0.2, 0) is 17.5 Å². The number of hydrogen-bond acceptors (Lipinski definition) is 5. The number of carbonyl (C=O) groups is 1. The topological polar surface area (TPSA) is 71.3 Å². The van der Waals surface area contributed by atoms with Crippen LogP contribution in [-0.4, -0.2) is 34.0 Å². The van der Waals surface area contributed by atoms with Gasteiger partial charge >= 0.3 is 6.18 Å². The van der Waals surface area contributed by atoms with Crippen molar-refractivity contribution in [2.45, 2.75) is 25.6 Å². The first-order valence-electron chi connectivity index (χ1n) is 10.2. The molecule has 1 aliphatic rings. The molecule has 1 unspecified atom stereocenters. The van der Waals surface area contributed by atoms with E-state index in [0.29, 0.717) is 41.8 Å². The summed E-state index contributed by atoms with van der Waals surface area (Å²) in [5.74, 6) is -0.0495.